The largest absolute Gasteiger partial charge is 0.462 e. The van der Waals surface area contributed by atoms with Gasteiger partial charge in [0.1, 0.15) is 6.10 Å². The van der Waals surface area contributed by atoms with Crippen LogP contribution in [0.5, 0.6) is 0 Å². The van der Waals surface area contributed by atoms with Crippen LogP contribution in [0, 0.1) is 21.7 Å². The monoisotopic (exact) mass is 442 g/mol. The molecule has 1 aliphatic rings. The van der Waals surface area contributed by atoms with Crippen LogP contribution in [0.3, 0.4) is 0 Å². The normalized spacial score (nSPS) is 25.8. The Morgan fingerprint density at radius 2 is 1.55 bits per heavy atom. The van der Waals surface area contributed by atoms with Crippen molar-refractivity contribution in [2.24, 2.45) is 21.7 Å². The van der Waals surface area contributed by atoms with Crippen molar-refractivity contribution in [3.8, 4) is 0 Å². The second-order valence-electron chi connectivity index (χ2n) is 12.1. The van der Waals surface area contributed by atoms with E-state index in [1.165, 1.54) is 6.92 Å². The Kier molecular flexibility index (Phi) is 9.24. The maximum Gasteiger partial charge on any atom is 0.302 e. The smallest absolute Gasteiger partial charge is 0.302 e. The molecule has 5 nitrogen and oxygen atoms in total. The summed E-state index contributed by atoms with van der Waals surface area (Å²) in [7, 11) is 0. The number of ether oxygens (including phenoxy) is 3. The van der Waals surface area contributed by atoms with Crippen LogP contribution in [0.4, 0.5) is 0 Å². The van der Waals surface area contributed by atoms with E-state index >= 15 is 0 Å². The van der Waals surface area contributed by atoms with Crippen LogP contribution >= 0.6 is 0 Å². The fourth-order valence-corrected chi connectivity index (χ4v) is 4.90. The standard InChI is InChI=1S/C26H50O5/c1-13-22(30-18(3)27)26(11,12)24(7,8)16-21(28)25(9,10)23(5,6)15-20-14-17(2)29-19(4)31-20/h17,19-22,28H,13-16H2,1-12H3. The molecule has 0 aromatic heterocycles. The minimum Gasteiger partial charge on any atom is -0.462 e. The van der Waals surface area contributed by atoms with Gasteiger partial charge in [-0.3, -0.25) is 4.79 Å². The van der Waals surface area contributed by atoms with E-state index in [1.54, 1.807) is 0 Å². The fourth-order valence-electron chi connectivity index (χ4n) is 4.90. The van der Waals surface area contributed by atoms with Gasteiger partial charge in [-0.05, 0) is 55.8 Å². The molecule has 0 radical (unpaired) electrons. The van der Waals surface area contributed by atoms with E-state index in [9.17, 15) is 9.90 Å². The van der Waals surface area contributed by atoms with Crippen LogP contribution < -0.4 is 0 Å². The third kappa shape index (κ3) is 6.68. The van der Waals surface area contributed by atoms with Crippen molar-refractivity contribution in [2.75, 3.05) is 0 Å². The molecule has 0 aromatic rings. The Balaban J connectivity index is 2.99. The highest BCUT2D eigenvalue weighted by atomic mass is 16.7. The van der Waals surface area contributed by atoms with Gasteiger partial charge in [-0.15, -0.1) is 0 Å². The molecule has 0 amide bonds. The van der Waals surface area contributed by atoms with Crippen LogP contribution in [0.25, 0.3) is 0 Å². The lowest BCUT2D eigenvalue weighted by Crippen LogP contribution is -2.51. The van der Waals surface area contributed by atoms with Crippen molar-refractivity contribution in [1.29, 1.82) is 0 Å². The van der Waals surface area contributed by atoms with Crippen molar-refractivity contribution in [3.63, 3.8) is 0 Å². The molecular formula is C26H50O5. The molecule has 0 saturated carbocycles. The third-order valence-corrected chi connectivity index (χ3v) is 8.65. The average Bonchev–Trinajstić information content (AvgIpc) is 2.57. The zero-order chi connectivity index (χ0) is 24.4. The van der Waals surface area contributed by atoms with Crippen LogP contribution in [-0.4, -0.2) is 41.8 Å². The van der Waals surface area contributed by atoms with E-state index in [0.717, 1.165) is 19.3 Å². The van der Waals surface area contributed by atoms with Gasteiger partial charge in [0.2, 0.25) is 0 Å². The van der Waals surface area contributed by atoms with Crippen LogP contribution in [-0.2, 0) is 19.0 Å². The van der Waals surface area contributed by atoms with E-state index in [0.29, 0.717) is 6.42 Å². The summed E-state index contributed by atoms with van der Waals surface area (Å²) < 4.78 is 17.4. The van der Waals surface area contributed by atoms with Gasteiger partial charge in [0.15, 0.2) is 6.29 Å². The van der Waals surface area contributed by atoms with Gasteiger partial charge in [0, 0.05) is 12.3 Å². The maximum atomic E-state index is 11.6. The Morgan fingerprint density at radius 1 is 1.00 bits per heavy atom. The molecule has 1 fully saturated rings. The summed E-state index contributed by atoms with van der Waals surface area (Å²) in [6, 6.07) is 0. The quantitative estimate of drug-likeness (QED) is 0.413. The lowest BCUT2D eigenvalue weighted by Gasteiger charge is -2.52. The molecule has 5 heteroatoms. The summed E-state index contributed by atoms with van der Waals surface area (Å²) in [4.78, 5) is 11.6. The number of hydrogen-bond donors (Lipinski definition) is 1. The number of aliphatic hydroxyl groups excluding tert-OH is 1. The van der Waals surface area contributed by atoms with Gasteiger partial charge >= 0.3 is 5.97 Å². The molecule has 5 atom stereocenters. The summed E-state index contributed by atoms with van der Waals surface area (Å²) in [6.07, 6.45) is 2.52. The van der Waals surface area contributed by atoms with Crippen LogP contribution in [0.2, 0.25) is 0 Å². The number of esters is 1. The molecule has 1 heterocycles. The van der Waals surface area contributed by atoms with Gasteiger partial charge in [-0.25, -0.2) is 0 Å². The first-order valence-electron chi connectivity index (χ1n) is 12.0. The first-order chi connectivity index (χ1) is 13.9. The van der Waals surface area contributed by atoms with Crippen LogP contribution in [0.1, 0.15) is 109 Å². The topological polar surface area (TPSA) is 65.0 Å². The molecule has 0 aromatic carbocycles. The zero-order valence-corrected chi connectivity index (χ0v) is 22.3. The summed E-state index contributed by atoms with van der Waals surface area (Å²) in [6.45, 7) is 25.0. The van der Waals surface area contributed by atoms with Crippen molar-refractivity contribution in [2.45, 2.75) is 139 Å². The average molecular weight is 443 g/mol. The Bertz CT molecular complexity index is 583. The van der Waals surface area contributed by atoms with Crippen molar-refractivity contribution >= 4 is 5.97 Å². The van der Waals surface area contributed by atoms with Gasteiger partial charge in [-0.1, -0.05) is 62.3 Å². The summed E-state index contributed by atoms with van der Waals surface area (Å²) in [5.41, 5.74) is -1.01. The SMILES string of the molecule is CCC(OC(C)=O)C(C)(C)C(C)(C)CC(O)C(C)(C)C(C)(C)CC1CC(C)OC(C)O1. The fraction of sp³-hybridized carbons (Fsp3) is 0.962. The highest BCUT2D eigenvalue weighted by Gasteiger charge is 2.50. The van der Waals surface area contributed by atoms with Gasteiger partial charge < -0.3 is 19.3 Å². The van der Waals surface area contributed by atoms with Crippen molar-refractivity contribution in [3.05, 3.63) is 0 Å². The van der Waals surface area contributed by atoms with Gasteiger partial charge in [-0.2, -0.15) is 0 Å². The zero-order valence-electron chi connectivity index (χ0n) is 22.3. The third-order valence-electron chi connectivity index (χ3n) is 8.65. The second-order valence-corrected chi connectivity index (χ2v) is 12.1. The molecule has 31 heavy (non-hydrogen) atoms. The minimum absolute atomic E-state index is 0.123. The Hall–Kier alpha value is -0.650. The number of hydrogen-bond acceptors (Lipinski definition) is 5. The molecule has 1 rings (SSSR count). The molecule has 1 N–H and O–H groups in total. The minimum atomic E-state index is -0.513. The number of rotatable bonds is 10. The molecule has 1 aliphatic heterocycles. The first kappa shape index (κ1) is 28.4. The van der Waals surface area contributed by atoms with Crippen molar-refractivity contribution < 1.29 is 24.1 Å². The van der Waals surface area contributed by atoms with Crippen LogP contribution in [0.15, 0.2) is 0 Å². The predicted octanol–water partition coefficient (Wildman–Crippen LogP) is 6.11. The van der Waals surface area contributed by atoms with E-state index in [-0.39, 0.29) is 52.2 Å². The Morgan fingerprint density at radius 3 is 2.00 bits per heavy atom. The number of carbonyl (C=O) groups excluding carboxylic acids is 1. The van der Waals surface area contributed by atoms with E-state index in [4.69, 9.17) is 14.2 Å². The second kappa shape index (κ2) is 10.1. The molecule has 0 bridgehead atoms. The van der Waals surface area contributed by atoms with E-state index in [1.807, 2.05) is 13.8 Å². The van der Waals surface area contributed by atoms with Gasteiger partial charge in [0.25, 0.3) is 0 Å². The van der Waals surface area contributed by atoms with E-state index < -0.39 is 6.10 Å². The summed E-state index contributed by atoms with van der Waals surface area (Å²) >= 11 is 0. The molecule has 5 unspecified atom stereocenters. The Labute approximate surface area is 191 Å². The lowest BCUT2D eigenvalue weighted by molar-refractivity contribution is -0.239. The molecule has 0 spiro atoms. The van der Waals surface area contributed by atoms with Gasteiger partial charge in [0.05, 0.1) is 18.3 Å². The van der Waals surface area contributed by atoms with E-state index in [2.05, 4.69) is 62.3 Å². The number of aliphatic hydroxyl groups is 1. The first-order valence-corrected chi connectivity index (χ1v) is 12.0. The molecule has 0 aliphatic carbocycles. The molecule has 184 valence electrons. The predicted molar refractivity (Wildman–Crippen MR) is 126 cm³/mol. The lowest BCUT2D eigenvalue weighted by atomic mass is 9.56. The maximum absolute atomic E-state index is 11.6. The number of carbonyl (C=O) groups is 1. The highest BCUT2D eigenvalue weighted by molar-refractivity contribution is 5.66. The summed E-state index contributed by atoms with van der Waals surface area (Å²) in [5, 5.41) is 11.5. The van der Waals surface area contributed by atoms with Crippen molar-refractivity contribution in [1.82, 2.24) is 0 Å². The summed E-state index contributed by atoms with van der Waals surface area (Å²) in [5.74, 6) is -0.252. The molecular weight excluding hydrogens is 392 g/mol. The highest BCUT2D eigenvalue weighted by Crippen LogP contribution is 2.52. The molecule has 1 saturated heterocycles.